The third kappa shape index (κ3) is 1.65. The van der Waals surface area contributed by atoms with Crippen molar-refractivity contribution in [1.29, 1.82) is 0 Å². The van der Waals surface area contributed by atoms with Gasteiger partial charge in [0.2, 0.25) is 0 Å². The molecule has 1 saturated heterocycles. The second-order valence-corrected chi connectivity index (χ2v) is 5.26. The molecule has 0 bridgehead atoms. The predicted octanol–water partition coefficient (Wildman–Crippen LogP) is 1.71. The smallest absolute Gasteiger partial charge is 0.115 e. The highest BCUT2D eigenvalue weighted by molar-refractivity contribution is 5.43. The molecular formula is C14H19NO2. The van der Waals surface area contributed by atoms with Gasteiger partial charge in [0.15, 0.2) is 0 Å². The summed E-state index contributed by atoms with van der Waals surface area (Å²) in [4.78, 5) is 0. The van der Waals surface area contributed by atoms with Crippen molar-refractivity contribution in [3.05, 3.63) is 29.3 Å². The van der Waals surface area contributed by atoms with Crippen molar-refractivity contribution < 1.29 is 9.84 Å². The van der Waals surface area contributed by atoms with E-state index in [0.29, 0.717) is 5.75 Å². The van der Waals surface area contributed by atoms with Crippen LogP contribution < -0.4 is 5.73 Å². The van der Waals surface area contributed by atoms with Gasteiger partial charge in [0.05, 0.1) is 0 Å². The van der Waals surface area contributed by atoms with E-state index in [2.05, 4.69) is 6.07 Å². The van der Waals surface area contributed by atoms with Crippen LogP contribution in [-0.2, 0) is 16.6 Å². The van der Waals surface area contributed by atoms with Crippen LogP contribution in [0.2, 0.25) is 0 Å². The predicted molar refractivity (Wildman–Crippen MR) is 66.1 cm³/mol. The number of hydrogen-bond donors (Lipinski definition) is 2. The van der Waals surface area contributed by atoms with E-state index in [9.17, 15) is 5.11 Å². The zero-order valence-electron chi connectivity index (χ0n) is 9.98. The average molecular weight is 233 g/mol. The Morgan fingerprint density at radius 2 is 2.06 bits per heavy atom. The molecule has 0 radical (unpaired) electrons. The quantitative estimate of drug-likeness (QED) is 0.717. The lowest BCUT2D eigenvalue weighted by molar-refractivity contribution is 0.0360. The van der Waals surface area contributed by atoms with Gasteiger partial charge in [-0.1, -0.05) is 6.07 Å². The fourth-order valence-corrected chi connectivity index (χ4v) is 3.44. The summed E-state index contributed by atoms with van der Waals surface area (Å²) in [7, 11) is 0. The van der Waals surface area contributed by atoms with Crippen LogP contribution in [0.4, 0.5) is 0 Å². The lowest BCUT2D eigenvalue weighted by atomic mass is 9.63. The summed E-state index contributed by atoms with van der Waals surface area (Å²) in [6.07, 6.45) is 4.00. The van der Waals surface area contributed by atoms with Crippen LogP contribution in [0, 0.1) is 0 Å². The molecule has 0 amide bonds. The Hall–Kier alpha value is -1.06. The molecule has 0 aromatic heterocycles. The normalized spacial score (nSPS) is 26.8. The maximum atomic E-state index is 9.58. The van der Waals surface area contributed by atoms with Crippen LogP contribution in [0.1, 0.15) is 30.4 Å². The van der Waals surface area contributed by atoms with E-state index >= 15 is 0 Å². The van der Waals surface area contributed by atoms with Gasteiger partial charge in [0.1, 0.15) is 5.75 Å². The van der Waals surface area contributed by atoms with E-state index in [-0.39, 0.29) is 11.5 Å². The van der Waals surface area contributed by atoms with Crippen LogP contribution in [0.3, 0.4) is 0 Å². The van der Waals surface area contributed by atoms with Gasteiger partial charge in [-0.3, -0.25) is 0 Å². The largest absolute Gasteiger partial charge is 0.508 e. The first-order chi connectivity index (χ1) is 8.22. The van der Waals surface area contributed by atoms with Gasteiger partial charge in [-0.2, -0.15) is 0 Å². The maximum Gasteiger partial charge on any atom is 0.115 e. The third-order valence-corrected chi connectivity index (χ3v) is 4.44. The highest BCUT2D eigenvalue weighted by atomic mass is 16.5. The number of phenolic OH excluding ortho intramolecular Hbond substituents is 1. The summed E-state index contributed by atoms with van der Waals surface area (Å²) in [5.74, 6) is 0.362. The van der Waals surface area contributed by atoms with Crippen molar-refractivity contribution in [1.82, 2.24) is 0 Å². The number of rotatable bonds is 0. The Bertz CT molecular complexity index is 424. The summed E-state index contributed by atoms with van der Waals surface area (Å²) in [5, 5.41) is 9.58. The van der Waals surface area contributed by atoms with Gasteiger partial charge in [0.25, 0.3) is 0 Å². The van der Waals surface area contributed by atoms with Gasteiger partial charge in [-0.25, -0.2) is 0 Å². The number of aromatic hydroxyl groups is 1. The van der Waals surface area contributed by atoms with Crippen LogP contribution in [0.5, 0.6) is 5.75 Å². The number of aryl methyl sites for hydroxylation is 1. The number of fused-ring (bicyclic) bond motifs is 2. The zero-order valence-corrected chi connectivity index (χ0v) is 9.98. The molecule has 92 valence electrons. The number of ether oxygens (including phenoxy) is 1. The van der Waals surface area contributed by atoms with Crippen molar-refractivity contribution in [3.8, 4) is 5.75 Å². The highest BCUT2D eigenvalue weighted by Crippen LogP contribution is 2.44. The molecule has 3 nitrogen and oxygen atoms in total. The van der Waals surface area contributed by atoms with E-state index in [1.807, 2.05) is 6.07 Å². The van der Waals surface area contributed by atoms with E-state index in [1.54, 1.807) is 6.07 Å². The lowest BCUT2D eigenvalue weighted by Crippen LogP contribution is -2.51. The SMILES string of the molecule is NC1CCc2cc(O)ccc2C12CCOCC2. The van der Waals surface area contributed by atoms with Crippen molar-refractivity contribution >= 4 is 0 Å². The second-order valence-electron chi connectivity index (χ2n) is 5.26. The summed E-state index contributed by atoms with van der Waals surface area (Å²) < 4.78 is 5.48. The van der Waals surface area contributed by atoms with E-state index in [1.165, 1.54) is 11.1 Å². The van der Waals surface area contributed by atoms with Gasteiger partial charge in [-0.05, 0) is 48.9 Å². The van der Waals surface area contributed by atoms with E-state index < -0.39 is 0 Å². The summed E-state index contributed by atoms with van der Waals surface area (Å²) >= 11 is 0. The Labute approximate surface area is 102 Å². The van der Waals surface area contributed by atoms with Crippen LogP contribution in [0.15, 0.2) is 18.2 Å². The zero-order chi connectivity index (χ0) is 11.9. The van der Waals surface area contributed by atoms with Crippen molar-refractivity contribution in [2.24, 2.45) is 5.73 Å². The van der Waals surface area contributed by atoms with Gasteiger partial charge >= 0.3 is 0 Å². The van der Waals surface area contributed by atoms with E-state index in [4.69, 9.17) is 10.5 Å². The summed E-state index contributed by atoms with van der Waals surface area (Å²) in [6, 6.07) is 5.98. The maximum absolute atomic E-state index is 9.58. The summed E-state index contributed by atoms with van der Waals surface area (Å²) in [6.45, 7) is 1.60. The molecule has 1 aliphatic heterocycles. The molecular weight excluding hydrogens is 214 g/mol. The molecule has 1 unspecified atom stereocenters. The molecule has 1 spiro atoms. The first kappa shape index (κ1) is 11.1. The monoisotopic (exact) mass is 233 g/mol. The Kier molecular flexibility index (Phi) is 2.60. The number of benzene rings is 1. The van der Waals surface area contributed by atoms with Gasteiger partial charge in [-0.15, -0.1) is 0 Å². The average Bonchev–Trinajstić information content (AvgIpc) is 2.35. The molecule has 1 heterocycles. The Morgan fingerprint density at radius 1 is 1.29 bits per heavy atom. The van der Waals surface area contributed by atoms with Crippen molar-refractivity contribution in [2.45, 2.75) is 37.1 Å². The minimum atomic E-state index is 0.0829. The van der Waals surface area contributed by atoms with Crippen molar-refractivity contribution in [3.63, 3.8) is 0 Å². The first-order valence-corrected chi connectivity index (χ1v) is 6.38. The Balaban J connectivity index is 2.09. The molecule has 1 atom stereocenters. The second kappa shape index (κ2) is 4.00. The minimum absolute atomic E-state index is 0.0829. The molecule has 1 aliphatic carbocycles. The van der Waals surface area contributed by atoms with Crippen LogP contribution >= 0.6 is 0 Å². The van der Waals surface area contributed by atoms with Crippen LogP contribution in [0.25, 0.3) is 0 Å². The molecule has 1 aromatic carbocycles. The van der Waals surface area contributed by atoms with Crippen LogP contribution in [-0.4, -0.2) is 24.4 Å². The molecule has 3 N–H and O–H groups in total. The molecule has 3 rings (SSSR count). The van der Waals surface area contributed by atoms with Crippen molar-refractivity contribution in [2.75, 3.05) is 13.2 Å². The molecule has 2 aliphatic rings. The molecule has 0 saturated carbocycles. The minimum Gasteiger partial charge on any atom is -0.508 e. The summed E-state index contributed by atoms with van der Waals surface area (Å²) in [5.41, 5.74) is 9.08. The fraction of sp³-hybridized carbons (Fsp3) is 0.571. The first-order valence-electron chi connectivity index (χ1n) is 6.38. The van der Waals surface area contributed by atoms with Gasteiger partial charge < -0.3 is 15.6 Å². The fourth-order valence-electron chi connectivity index (χ4n) is 3.44. The molecule has 1 fully saturated rings. The van der Waals surface area contributed by atoms with E-state index in [0.717, 1.165) is 38.9 Å². The molecule has 1 aromatic rings. The standard InChI is InChI=1S/C14H19NO2/c15-13-4-1-10-9-11(16)2-3-12(10)14(13)5-7-17-8-6-14/h2-3,9,13,16H,1,4-8,15H2. The molecule has 3 heteroatoms. The Morgan fingerprint density at radius 3 is 2.82 bits per heavy atom. The molecule has 17 heavy (non-hydrogen) atoms. The number of nitrogens with two attached hydrogens (primary N) is 1. The number of hydrogen-bond acceptors (Lipinski definition) is 3. The number of phenols is 1. The van der Waals surface area contributed by atoms with Gasteiger partial charge in [0, 0.05) is 24.7 Å². The topological polar surface area (TPSA) is 55.5 Å². The third-order valence-electron chi connectivity index (χ3n) is 4.44. The lowest BCUT2D eigenvalue weighted by Gasteiger charge is -2.46. The highest BCUT2D eigenvalue weighted by Gasteiger charge is 2.43.